The second-order valence-corrected chi connectivity index (χ2v) is 7.07. The number of rotatable bonds is 4. The van der Waals surface area contributed by atoms with E-state index in [2.05, 4.69) is 15.3 Å². The van der Waals surface area contributed by atoms with Gasteiger partial charge < -0.3 is 10.4 Å². The molecule has 1 heterocycles. The number of carbonyl (C=O) groups is 2. The Morgan fingerprint density at radius 2 is 1.63 bits per heavy atom. The summed E-state index contributed by atoms with van der Waals surface area (Å²) < 4.78 is 0. The van der Waals surface area contributed by atoms with E-state index in [-0.39, 0.29) is 17.2 Å². The number of hydrogen-bond acceptors (Lipinski definition) is 4. The van der Waals surface area contributed by atoms with Gasteiger partial charge in [-0.25, -0.2) is 14.8 Å². The van der Waals surface area contributed by atoms with Gasteiger partial charge in [-0.3, -0.25) is 4.79 Å². The van der Waals surface area contributed by atoms with E-state index in [0.717, 1.165) is 16.7 Å². The third-order valence-corrected chi connectivity index (χ3v) is 4.84. The minimum Gasteiger partial charge on any atom is -0.478 e. The third kappa shape index (κ3) is 3.75. The van der Waals surface area contributed by atoms with E-state index in [1.807, 2.05) is 56.3 Å². The van der Waals surface area contributed by atoms with Crippen LogP contribution in [0.2, 0.25) is 0 Å². The van der Waals surface area contributed by atoms with Crippen LogP contribution in [0.15, 0.2) is 66.7 Å². The van der Waals surface area contributed by atoms with E-state index < -0.39 is 5.97 Å². The highest BCUT2D eigenvalue weighted by Gasteiger charge is 2.17. The zero-order valence-electron chi connectivity index (χ0n) is 16.5. The standard InChI is InChI=1S/C24H19N3O3/c1-14-7-12-20-19(13-14)21(27-22(26-20)18-6-4-3-5-15(18)2)23(28)25-17-10-8-16(9-11-17)24(29)30/h3-13H,1-2H3,(H,25,28)(H,29,30). The molecule has 2 N–H and O–H groups in total. The van der Waals surface area contributed by atoms with E-state index in [9.17, 15) is 9.59 Å². The van der Waals surface area contributed by atoms with Gasteiger partial charge >= 0.3 is 5.97 Å². The first-order chi connectivity index (χ1) is 14.4. The first-order valence-corrected chi connectivity index (χ1v) is 9.41. The summed E-state index contributed by atoms with van der Waals surface area (Å²) in [5.74, 6) is -0.922. The maximum absolute atomic E-state index is 13.1. The summed E-state index contributed by atoms with van der Waals surface area (Å²) in [5, 5.41) is 12.5. The normalized spacial score (nSPS) is 10.7. The Balaban J connectivity index is 1.79. The van der Waals surface area contributed by atoms with E-state index in [4.69, 9.17) is 5.11 Å². The Morgan fingerprint density at radius 1 is 0.900 bits per heavy atom. The lowest BCUT2D eigenvalue weighted by atomic mass is 10.1. The maximum atomic E-state index is 13.1. The number of aromatic nitrogens is 2. The number of nitrogens with zero attached hydrogens (tertiary/aromatic N) is 2. The fourth-order valence-corrected chi connectivity index (χ4v) is 3.25. The highest BCUT2D eigenvalue weighted by Crippen LogP contribution is 2.25. The van der Waals surface area contributed by atoms with Crippen molar-refractivity contribution in [3.63, 3.8) is 0 Å². The van der Waals surface area contributed by atoms with Gasteiger partial charge in [0.2, 0.25) is 0 Å². The average molecular weight is 397 g/mol. The topological polar surface area (TPSA) is 92.2 Å². The van der Waals surface area contributed by atoms with Crippen LogP contribution >= 0.6 is 0 Å². The zero-order valence-corrected chi connectivity index (χ0v) is 16.5. The van der Waals surface area contributed by atoms with Crippen molar-refractivity contribution in [3.8, 4) is 11.4 Å². The minimum atomic E-state index is -1.02. The molecule has 0 unspecified atom stereocenters. The summed E-state index contributed by atoms with van der Waals surface area (Å²) in [7, 11) is 0. The second kappa shape index (κ2) is 7.75. The van der Waals surface area contributed by atoms with Crippen LogP contribution in [0, 0.1) is 13.8 Å². The van der Waals surface area contributed by atoms with Crippen molar-refractivity contribution in [3.05, 3.63) is 89.1 Å². The number of fused-ring (bicyclic) bond motifs is 1. The molecule has 0 atom stereocenters. The monoisotopic (exact) mass is 397 g/mol. The SMILES string of the molecule is Cc1ccc2nc(-c3ccccc3C)nc(C(=O)Nc3ccc(C(=O)O)cc3)c2c1. The van der Waals surface area contributed by atoms with E-state index in [0.29, 0.717) is 22.4 Å². The number of aryl methyl sites for hydroxylation is 2. The minimum absolute atomic E-state index is 0.151. The number of nitrogens with one attached hydrogen (secondary N) is 1. The van der Waals surface area contributed by atoms with Crippen LogP contribution in [0.5, 0.6) is 0 Å². The quantitative estimate of drug-likeness (QED) is 0.513. The Morgan fingerprint density at radius 3 is 2.33 bits per heavy atom. The highest BCUT2D eigenvalue weighted by atomic mass is 16.4. The molecule has 6 nitrogen and oxygen atoms in total. The molecular formula is C24H19N3O3. The van der Waals surface area contributed by atoms with Crippen LogP contribution in [0.25, 0.3) is 22.3 Å². The molecule has 0 bridgehead atoms. The summed E-state index contributed by atoms with van der Waals surface area (Å²) in [4.78, 5) is 33.4. The molecule has 0 aliphatic rings. The lowest BCUT2D eigenvalue weighted by Gasteiger charge is -2.11. The number of benzene rings is 3. The van der Waals surface area contributed by atoms with Crippen molar-refractivity contribution < 1.29 is 14.7 Å². The molecule has 1 amide bonds. The number of carboxylic acid groups (broad SMARTS) is 1. The van der Waals surface area contributed by atoms with Gasteiger partial charge in [0.25, 0.3) is 5.91 Å². The largest absolute Gasteiger partial charge is 0.478 e. The molecule has 3 aromatic carbocycles. The van der Waals surface area contributed by atoms with Crippen molar-refractivity contribution in [1.82, 2.24) is 9.97 Å². The molecule has 148 valence electrons. The summed E-state index contributed by atoms with van der Waals surface area (Å²) >= 11 is 0. The van der Waals surface area contributed by atoms with Crippen molar-refractivity contribution in [2.75, 3.05) is 5.32 Å². The van der Waals surface area contributed by atoms with Crippen LogP contribution in [-0.4, -0.2) is 27.0 Å². The van der Waals surface area contributed by atoms with Gasteiger partial charge in [-0.1, -0.05) is 35.9 Å². The lowest BCUT2D eigenvalue weighted by Crippen LogP contribution is -2.15. The molecule has 0 saturated carbocycles. The van der Waals surface area contributed by atoms with Gasteiger partial charge in [0, 0.05) is 16.6 Å². The molecule has 0 spiro atoms. The Kier molecular flexibility index (Phi) is 4.98. The molecule has 1 aromatic heterocycles. The van der Waals surface area contributed by atoms with Crippen molar-refractivity contribution in [2.24, 2.45) is 0 Å². The summed E-state index contributed by atoms with van der Waals surface area (Å²) in [6.45, 7) is 3.92. The molecule has 0 aliphatic heterocycles. The number of anilines is 1. The molecule has 0 radical (unpaired) electrons. The summed E-state index contributed by atoms with van der Waals surface area (Å²) in [6, 6.07) is 19.5. The summed E-state index contributed by atoms with van der Waals surface area (Å²) in [5.41, 5.74) is 4.46. The van der Waals surface area contributed by atoms with Crippen LogP contribution in [0.4, 0.5) is 5.69 Å². The maximum Gasteiger partial charge on any atom is 0.335 e. The van der Waals surface area contributed by atoms with Gasteiger partial charge in [0.05, 0.1) is 11.1 Å². The van der Waals surface area contributed by atoms with Crippen LogP contribution in [0.3, 0.4) is 0 Å². The number of carbonyl (C=O) groups excluding carboxylic acids is 1. The lowest BCUT2D eigenvalue weighted by molar-refractivity contribution is 0.0696. The molecule has 6 heteroatoms. The first-order valence-electron chi connectivity index (χ1n) is 9.41. The predicted octanol–water partition coefficient (Wildman–Crippen LogP) is 4.86. The van der Waals surface area contributed by atoms with Crippen molar-refractivity contribution in [1.29, 1.82) is 0 Å². The molecular weight excluding hydrogens is 378 g/mol. The average Bonchev–Trinajstić information content (AvgIpc) is 2.73. The number of aromatic carboxylic acids is 1. The fourth-order valence-electron chi connectivity index (χ4n) is 3.25. The predicted molar refractivity (Wildman–Crippen MR) is 116 cm³/mol. The molecule has 0 aliphatic carbocycles. The summed E-state index contributed by atoms with van der Waals surface area (Å²) in [6.07, 6.45) is 0. The molecule has 30 heavy (non-hydrogen) atoms. The molecule has 0 fully saturated rings. The number of amides is 1. The van der Waals surface area contributed by atoms with Gasteiger partial charge in [-0.15, -0.1) is 0 Å². The van der Waals surface area contributed by atoms with Crippen molar-refractivity contribution in [2.45, 2.75) is 13.8 Å². The molecule has 4 rings (SSSR count). The zero-order chi connectivity index (χ0) is 21.3. The molecule has 0 saturated heterocycles. The van der Waals surface area contributed by atoms with Gasteiger partial charge in [-0.2, -0.15) is 0 Å². The van der Waals surface area contributed by atoms with Gasteiger partial charge in [-0.05, 0) is 55.8 Å². The van der Waals surface area contributed by atoms with E-state index >= 15 is 0 Å². The number of carboxylic acids is 1. The Bertz CT molecular complexity index is 1280. The second-order valence-electron chi connectivity index (χ2n) is 7.07. The van der Waals surface area contributed by atoms with Gasteiger partial charge in [0.15, 0.2) is 5.82 Å². The highest BCUT2D eigenvalue weighted by molar-refractivity contribution is 6.11. The van der Waals surface area contributed by atoms with Crippen LogP contribution < -0.4 is 5.32 Å². The van der Waals surface area contributed by atoms with Crippen LogP contribution in [0.1, 0.15) is 32.0 Å². The van der Waals surface area contributed by atoms with Gasteiger partial charge in [0.1, 0.15) is 5.69 Å². The molecule has 4 aromatic rings. The Hall–Kier alpha value is -4.06. The Labute approximate surface area is 173 Å². The van der Waals surface area contributed by atoms with Crippen molar-refractivity contribution >= 4 is 28.5 Å². The van der Waals surface area contributed by atoms with E-state index in [1.54, 1.807) is 12.1 Å². The smallest absolute Gasteiger partial charge is 0.335 e. The number of hydrogen-bond donors (Lipinski definition) is 2. The first kappa shape index (κ1) is 19.3. The van der Waals surface area contributed by atoms with E-state index in [1.165, 1.54) is 12.1 Å². The third-order valence-electron chi connectivity index (χ3n) is 4.84. The fraction of sp³-hybridized carbons (Fsp3) is 0.0833. The van der Waals surface area contributed by atoms with Crippen LogP contribution in [-0.2, 0) is 0 Å².